The molecule has 0 radical (unpaired) electrons. The van der Waals surface area contributed by atoms with E-state index >= 15 is 0 Å². The van der Waals surface area contributed by atoms with Gasteiger partial charge in [-0.25, -0.2) is 0 Å². The third-order valence-corrected chi connectivity index (χ3v) is 2.24. The number of esters is 1. The van der Waals surface area contributed by atoms with Crippen molar-refractivity contribution >= 4 is 17.6 Å². The lowest BCUT2D eigenvalue weighted by atomic mass is 10.2. The van der Waals surface area contributed by atoms with Gasteiger partial charge in [0.1, 0.15) is 5.75 Å². The quantitative estimate of drug-likeness (QED) is 0.651. The van der Waals surface area contributed by atoms with Crippen molar-refractivity contribution in [3.8, 4) is 5.75 Å². The number of aliphatic hydroxyl groups is 1. The maximum absolute atomic E-state index is 10.6. The zero-order chi connectivity index (χ0) is 12.9. The molecule has 0 aliphatic heterocycles. The number of halogens is 1. The second-order valence-electron chi connectivity index (χ2n) is 3.82. The highest BCUT2D eigenvalue weighted by molar-refractivity contribution is 6.30. The number of hydrogen-bond donors (Lipinski definition) is 1. The molecule has 17 heavy (non-hydrogen) atoms. The maximum Gasteiger partial charge on any atom is 0.302 e. The van der Waals surface area contributed by atoms with Gasteiger partial charge in [-0.3, -0.25) is 4.79 Å². The molecule has 0 bridgehead atoms. The number of carbonyl (C=O) groups is 1. The smallest absolute Gasteiger partial charge is 0.302 e. The third kappa shape index (κ3) is 5.56. The third-order valence-electron chi connectivity index (χ3n) is 2.01. The fourth-order valence-corrected chi connectivity index (χ4v) is 1.40. The van der Waals surface area contributed by atoms with Crippen LogP contribution in [0.15, 0.2) is 24.3 Å². The molecule has 0 aliphatic rings. The Morgan fingerprint density at radius 1 is 1.53 bits per heavy atom. The Kier molecular flexibility index (Phi) is 4.78. The first-order chi connectivity index (χ1) is 7.89. The standard InChI is InChI=1S/C12H15ClO4/c1-9(14)16-7-6-12(2,15)17-11-5-3-4-10(13)8-11/h3-5,8,15H,6-7H2,1-2H3. The van der Waals surface area contributed by atoms with Crippen LogP contribution >= 0.6 is 11.6 Å². The van der Waals surface area contributed by atoms with E-state index in [1.807, 2.05) is 0 Å². The predicted octanol–water partition coefficient (Wildman–Crippen LogP) is 2.38. The van der Waals surface area contributed by atoms with Gasteiger partial charge in [0, 0.05) is 25.3 Å². The van der Waals surface area contributed by atoms with Crippen LogP contribution < -0.4 is 4.74 Å². The molecule has 0 aromatic heterocycles. The summed E-state index contributed by atoms with van der Waals surface area (Å²) in [7, 11) is 0. The predicted molar refractivity (Wildman–Crippen MR) is 64.0 cm³/mol. The number of rotatable bonds is 5. The van der Waals surface area contributed by atoms with E-state index in [0.717, 1.165) is 0 Å². The highest BCUT2D eigenvalue weighted by Gasteiger charge is 2.22. The molecule has 1 N–H and O–H groups in total. The Morgan fingerprint density at radius 3 is 2.82 bits per heavy atom. The van der Waals surface area contributed by atoms with Crippen molar-refractivity contribution in [3.63, 3.8) is 0 Å². The molecule has 0 spiro atoms. The lowest BCUT2D eigenvalue weighted by Gasteiger charge is -2.24. The van der Waals surface area contributed by atoms with Crippen LogP contribution in [0.1, 0.15) is 20.3 Å². The fraction of sp³-hybridized carbons (Fsp3) is 0.417. The lowest BCUT2D eigenvalue weighted by molar-refractivity contribution is -0.153. The normalized spacial score (nSPS) is 13.9. The molecular formula is C12H15ClO4. The molecule has 4 nitrogen and oxygen atoms in total. The lowest BCUT2D eigenvalue weighted by Crippen LogP contribution is -2.33. The van der Waals surface area contributed by atoms with Crippen LogP contribution in [0.5, 0.6) is 5.75 Å². The molecule has 1 aromatic rings. The van der Waals surface area contributed by atoms with Crippen molar-refractivity contribution in [1.82, 2.24) is 0 Å². The van der Waals surface area contributed by atoms with Crippen molar-refractivity contribution in [3.05, 3.63) is 29.3 Å². The Hall–Kier alpha value is -1.26. The monoisotopic (exact) mass is 258 g/mol. The van der Waals surface area contributed by atoms with E-state index < -0.39 is 5.79 Å². The summed E-state index contributed by atoms with van der Waals surface area (Å²) in [6.07, 6.45) is 0.180. The number of carbonyl (C=O) groups excluding carboxylic acids is 1. The summed E-state index contributed by atoms with van der Waals surface area (Å²) in [4.78, 5) is 10.6. The summed E-state index contributed by atoms with van der Waals surface area (Å²) in [5.41, 5.74) is 0. The van der Waals surface area contributed by atoms with Crippen LogP contribution in [0, 0.1) is 0 Å². The molecule has 1 aromatic carbocycles. The molecular weight excluding hydrogens is 244 g/mol. The van der Waals surface area contributed by atoms with Crippen molar-refractivity contribution in [2.24, 2.45) is 0 Å². The number of hydrogen-bond acceptors (Lipinski definition) is 4. The number of benzene rings is 1. The first-order valence-corrected chi connectivity index (χ1v) is 5.57. The average Bonchev–Trinajstić information content (AvgIpc) is 2.15. The molecule has 0 saturated carbocycles. The first kappa shape index (κ1) is 13.8. The van der Waals surface area contributed by atoms with Gasteiger partial charge in [-0.1, -0.05) is 17.7 Å². The second-order valence-corrected chi connectivity index (χ2v) is 4.26. The molecule has 1 rings (SSSR count). The van der Waals surface area contributed by atoms with Gasteiger partial charge in [0.25, 0.3) is 0 Å². The molecule has 94 valence electrons. The van der Waals surface area contributed by atoms with Crippen molar-refractivity contribution in [2.45, 2.75) is 26.1 Å². The summed E-state index contributed by atoms with van der Waals surface area (Å²) >= 11 is 5.79. The Labute approximate surface area is 105 Å². The van der Waals surface area contributed by atoms with Gasteiger partial charge in [0.05, 0.1) is 6.61 Å². The van der Waals surface area contributed by atoms with E-state index in [4.69, 9.17) is 21.1 Å². The summed E-state index contributed by atoms with van der Waals surface area (Å²) in [5.74, 6) is -1.32. The van der Waals surface area contributed by atoms with Crippen LogP contribution in [0.2, 0.25) is 5.02 Å². The summed E-state index contributed by atoms with van der Waals surface area (Å²) < 4.78 is 10.1. The Bertz CT molecular complexity index is 390. The van der Waals surface area contributed by atoms with Crippen molar-refractivity contribution in [1.29, 1.82) is 0 Å². The molecule has 0 amide bonds. The zero-order valence-corrected chi connectivity index (χ0v) is 10.5. The van der Waals surface area contributed by atoms with E-state index in [2.05, 4.69) is 0 Å². The van der Waals surface area contributed by atoms with E-state index in [9.17, 15) is 9.90 Å². The van der Waals surface area contributed by atoms with Crippen molar-refractivity contribution < 1.29 is 19.4 Å². The molecule has 0 aliphatic carbocycles. The molecule has 1 atom stereocenters. The van der Waals surface area contributed by atoms with Crippen LogP contribution in [0.4, 0.5) is 0 Å². The minimum absolute atomic E-state index is 0.100. The first-order valence-electron chi connectivity index (χ1n) is 5.19. The van der Waals surface area contributed by atoms with Crippen molar-refractivity contribution in [2.75, 3.05) is 6.61 Å². The Balaban J connectivity index is 2.51. The topological polar surface area (TPSA) is 55.8 Å². The van der Waals surface area contributed by atoms with E-state index in [1.165, 1.54) is 13.8 Å². The average molecular weight is 259 g/mol. The summed E-state index contributed by atoms with van der Waals surface area (Å²) in [6, 6.07) is 6.72. The van der Waals surface area contributed by atoms with Gasteiger partial charge in [0.15, 0.2) is 0 Å². The summed E-state index contributed by atoms with van der Waals surface area (Å²) in [5, 5.41) is 10.4. The van der Waals surface area contributed by atoms with Crippen LogP contribution in [0.3, 0.4) is 0 Å². The van der Waals surface area contributed by atoms with Crippen LogP contribution in [-0.2, 0) is 9.53 Å². The molecule has 0 fully saturated rings. The van der Waals surface area contributed by atoms with E-state index in [1.54, 1.807) is 24.3 Å². The van der Waals surface area contributed by atoms with Gasteiger partial charge in [-0.05, 0) is 18.2 Å². The molecule has 1 unspecified atom stereocenters. The largest absolute Gasteiger partial charge is 0.466 e. The Morgan fingerprint density at radius 2 is 2.24 bits per heavy atom. The highest BCUT2D eigenvalue weighted by atomic mass is 35.5. The number of ether oxygens (including phenoxy) is 2. The molecule has 5 heteroatoms. The SMILES string of the molecule is CC(=O)OCCC(C)(O)Oc1cccc(Cl)c1. The minimum Gasteiger partial charge on any atom is -0.466 e. The van der Waals surface area contributed by atoms with Gasteiger partial charge >= 0.3 is 5.97 Å². The maximum atomic E-state index is 10.6. The summed E-state index contributed by atoms with van der Waals surface area (Å²) in [6.45, 7) is 2.91. The molecule has 0 heterocycles. The van der Waals surface area contributed by atoms with Crippen LogP contribution in [-0.4, -0.2) is 23.5 Å². The fourth-order valence-electron chi connectivity index (χ4n) is 1.22. The van der Waals surface area contributed by atoms with Gasteiger partial charge < -0.3 is 14.6 Å². The van der Waals surface area contributed by atoms with Gasteiger partial charge in [-0.15, -0.1) is 0 Å². The van der Waals surface area contributed by atoms with Gasteiger partial charge in [0.2, 0.25) is 5.79 Å². The van der Waals surface area contributed by atoms with E-state index in [-0.39, 0.29) is 19.0 Å². The van der Waals surface area contributed by atoms with Gasteiger partial charge in [-0.2, -0.15) is 0 Å². The minimum atomic E-state index is -1.40. The zero-order valence-electron chi connectivity index (χ0n) is 9.77. The van der Waals surface area contributed by atoms with E-state index in [0.29, 0.717) is 10.8 Å². The second kappa shape index (κ2) is 5.89. The highest BCUT2D eigenvalue weighted by Crippen LogP contribution is 2.22. The molecule has 0 saturated heterocycles. The van der Waals surface area contributed by atoms with Crippen LogP contribution in [0.25, 0.3) is 0 Å².